The van der Waals surface area contributed by atoms with Crippen LogP contribution in [0.15, 0.2) is 18.2 Å². The lowest BCUT2D eigenvalue weighted by Crippen LogP contribution is -2.22. The predicted octanol–water partition coefficient (Wildman–Crippen LogP) is 3.55. The van der Waals surface area contributed by atoms with Gasteiger partial charge in [-0.25, -0.2) is 0 Å². The fourth-order valence-corrected chi connectivity index (χ4v) is 2.25. The Balaban J connectivity index is 2.61. The third-order valence-electron chi connectivity index (χ3n) is 3.50. The van der Waals surface area contributed by atoms with Gasteiger partial charge in [0.2, 0.25) is 0 Å². The van der Waals surface area contributed by atoms with Crippen LogP contribution in [-0.2, 0) is 0 Å². The number of hydrogen-bond donors (Lipinski definition) is 1. The molecule has 0 aromatic heterocycles. The van der Waals surface area contributed by atoms with Gasteiger partial charge in [0.05, 0.1) is 12.7 Å². The molecule has 1 rings (SSSR count). The molecule has 1 N–H and O–H groups in total. The van der Waals surface area contributed by atoms with Gasteiger partial charge in [-0.3, -0.25) is 0 Å². The highest BCUT2D eigenvalue weighted by molar-refractivity contribution is 5.38. The molecular weight excluding hydrogens is 250 g/mol. The van der Waals surface area contributed by atoms with Gasteiger partial charge < -0.3 is 14.7 Å². The summed E-state index contributed by atoms with van der Waals surface area (Å²) >= 11 is 0. The van der Waals surface area contributed by atoms with Gasteiger partial charge in [0, 0.05) is 12.1 Å². The molecule has 0 aliphatic carbocycles. The molecule has 1 unspecified atom stereocenters. The van der Waals surface area contributed by atoms with Crippen LogP contribution >= 0.6 is 0 Å². The van der Waals surface area contributed by atoms with Gasteiger partial charge in [-0.05, 0) is 52.4 Å². The Morgan fingerprint density at radius 2 is 2.00 bits per heavy atom. The second kappa shape index (κ2) is 8.98. The topological polar surface area (TPSA) is 32.7 Å². The molecule has 20 heavy (non-hydrogen) atoms. The van der Waals surface area contributed by atoms with Gasteiger partial charge in [0.25, 0.3) is 0 Å². The number of rotatable bonds is 9. The van der Waals surface area contributed by atoms with Gasteiger partial charge in [-0.2, -0.15) is 0 Å². The van der Waals surface area contributed by atoms with E-state index in [-0.39, 0.29) is 0 Å². The van der Waals surface area contributed by atoms with Crippen molar-refractivity contribution in [3.05, 3.63) is 29.3 Å². The third kappa shape index (κ3) is 5.51. The normalized spacial score (nSPS) is 12.7. The first-order valence-electron chi connectivity index (χ1n) is 7.68. The summed E-state index contributed by atoms with van der Waals surface area (Å²) in [6, 6.07) is 6.01. The van der Waals surface area contributed by atoms with Crippen LogP contribution in [-0.4, -0.2) is 36.8 Å². The van der Waals surface area contributed by atoms with E-state index in [0.717, 1.165) is 36.4 Å². The Bertz CT molecular complexity index is 393. The summed E-state index contributed by atoms with van der Waals surface area (Å²) in [5, 5.41) is 10.4. The Kier molecular flexibility index (Phi) is 7.63. The fraction of sp³-hybridized carbons (Fsp3) is 0.647. The molecule has 0 heterocycles. The number of aliphatic hydroxyl groups is 1. The van der Waals surface area contributed by atoms with Crippen molar-refractivity contribution in [1.82, 2.24) is 4.90 Å². The SMILES string of the molecule is CCCCN(C)CCC(O)c1cc(C)ccc1OCC. The van der Waals surface area contributed by atoms with Gasteiger partial charge in [-0.15, -0.1) is 0 Å². The van der Waals surface area contributed by atoms with E-state index < -0.39 is 6.10 Å². The molecule has 0 aliphatic rings. The van der Waals surface area contributed by atoms with Crippen LogP contribution in [0.3, 0.4) is 0 Å². The van der Waals surface area contributed by atoms with Crippen molar-refractivity contribution in [2.24, 2.45) is 0 Å². The zero-order valence-corrected chi connectivity index (χ0v) is 13.4. The van der Waals surface area contributed by atoms with Crippen LogP contribution in [0.2, 0.25) is 0 Å². The standard InChI is InChI=1S/C17H29NO2/c1-5-7-11-18(4)12-10-16(19)15-13-14(3)8-9-17(15)20-6-2/h8-9,13,16,19H,5-7,10-12H2,1-4H3. The van der Waals surface area contributed by atoms with Crippen LogP contribution < -0.4 is 4.74 Å². The van der Waals surface area contributed by atoms with Crippen molar-refractivity contribution >= 4 is 0 Å². The van der Waals surface area contributed by atoms with Gasteiger partial charge >= 0.3 is 0 Å². The van der Waals surface area contributed by atoms with Crippen molar-refractivity contribution in [3.8, 4) is 5.75 Å². The van der Waals surface area contributed by atoms with E-state index in [1.807, 2.05) is 32.0 Å². The minimum Gasteiger partial charge on any atom is -0.493 e. The summed E-state index contributed by atoms with van der Waals surface area (Å²) in [5.74, 6) is 0.807. The molecule has 0 fully saturated rings. The van der Waals surface area contributed by atoms with Gasteiger partial charge in [-0.1, -0.05) is 25.0 Å². The van der Waals surface area contributed by atoms with Gasteiger partial charge in [0.15, 0.2) is 0 Å². The zero-order valence-electron chi connectivity index (χ0n) is 13.4. The van der Waals surface area contributed by atoms with E-state index in [1.165, 1.54) is 12.8 Å². The van der Waals surface area contributed by atoms with Crippen molar-refractivity contribution in [2.75, 3.05) is 26.7 Å². The third-order valence-corrected chi connectivity index (χ3v) is 3.50. The van der Waals surface area contributed by atoms with Gasteiger partial charge in [0.1, 0.15) is 5.75 Å². The monoisotopic (exact) mass is 279 g/mol. The number of benzene rings is 1. The quantitative estimate of drug-likeness (QED) is 0.750. The van der Waals surface area contributed by atoms with Crippen molar-refractivity contribution in [3.63, 3.8) is 0 Å². The molecule has 3 heteroatoms. The molecule has 1 aromatic carbocycles. The summed E-state index contributed by atoms with van der Waals surface area (Å²) < 4.78 is 5.61. The summed E-state index contributed by atoms with van der Waals surface area (Å²) in [5.41, 5.74) is 2.07. The number of aliphatic hydroxyl groups excluding tert-OH is 1. The highest BCUT2D eigenvalue weighted by Gasteiger charge is 2.14. The average molecular weight is 279 g/mol. The first-order chi connectivity index (χ1) is 9.58. The second-order valence-electron chi connectivity index (χ2n) is 5.44. The van der Waals surface area contributed by atoms with Crippen LogP contribution in [0.4, 0.5) is 0 Å². The largest absolute Gasteiger partial charge is 0.493 e. The maximum atomic E-state index is 10.4. The number of hydrogen-bond acceptors (Lipinski definition) is 3. The summed E-state index contributed by atoms with van der Waals surface area (Å²) in [4.78, 5) is 2.28. The minimum absolute atomic E-state index is 0.458. The first kappa shape index (κ1) is 17.0. The van der Waals surface area contributed by atoms with E-state index >= 15 is 0 Å². The van der Waals surface area contributed by atoms with E-state index in [0.29, 0.717) is 6.61 Å². The van der Waals surface area contributed by atoms with Crippen LogP contribution in [0, 0.1) is 6.92 Å². The molecule has 1 atom stereocenters. The Hall–Kier alpha value is -1.06. The highest BCUT2D eigenvalue weighted by Crippen LogP contribution is 2.28. The fourth-order valence-electron chi connectivity index (χ4n) is 2.25. The lowest BCUT2D eigenvalue weighted by molar-refractivity contribution is 0.144. The number of ether oxygens (including phenoxy) is 1. The predicted molar refractivity (Wildman–Crippen MR) is 84.3 cm³/mol. The van der Waals surface area contributed by atoms with Crippen LogP contribution in [0.5, 0.6) is 5.75 Å². The lowest BCUT2D eigenvalue weighted by Gasteiger charge is -2.20. The van der Waals surface area contributed by atoms with Crippen LogP contribution in [0.1, 0.15) is 50.3 Å². The van der Waals surface area contributed by atoms with Crippen LogP contribution in [0.25, 0.3) is 0 Å². The Morgan fingerprint density at radius 3 is 2.65 bits per heavy atom. The number of nitrogens with zero attached hydrogens (tertiary/aromatic N) is 1. The van der Waals surface area contributed by atoms with E-state index in [9.17, 15) is 5.11 Å². The summed E-state index contributed by atoms with van der Waals surface area (Å²) in [6.07, 6.45) is 2.70. The molecule has 0 spiro atoms. The zero-order chi connectivity index (χ0) is 15.0. The molecule has 0 radical (unpaired) electrons. The van der Waals surface area contributed by atoms with E-state index in [2.05, 4.69) is 18.9 Å². The first-order valence-corrected chi connectivity index (χ1v) is 7.68. The second-order valence-corrected chi connectivity index (χ2v) is 5.44. The Labute approximate surface area is 123 Å². The molecule has 0 saturated heterocycles. The summed E-state index contributed by atoms with van der Waals surface area (Å²) in [7, 11) is 2.11. The molecular formula is C17H29NO2. The molecule has 0 amide bonds. The molecule has 0 bridgehead atoms. The molecule has 1 aromatic rings. The van der Waals surface area contributed by atoms with Crippen molar-refractivity contribution in [1.29, 1.82) is 0 Å². The summed E-state index contributed by atoms with van der Waals surface area (Å²) in [6.45, 7) is 8.83. The van der Waals surface area contributed by atoms with Crippen molar-refractivity contribution in [2.45, 2.75) is 46.1 Å². The molecule has 3 nitrogen and oxygen atoms in total. The molecule has 0 aliphatic heterocycles. The lowest BCUT2D eigenvalue weighted by atomic mass is 10.0. The van der Waals surface area contributed by atoms with Crippen molar-refractivity contribution < 1.29 is 9.84 Å². The molecule has 114 valence electrons. The smallest absolute Gasteiger partial charge is 0.125 e. The average Bonchev–Trinajstić information content (AvgIpc) is 2.44. The minimum atomic E-state index is -0.458. The number of aryl methyl sites for hydroxylation is 1. The maximum Gasteiger partial charge on any atom is 0.125 e. The molecule has 0 saturated carbocycles. The van der Waals surface area contributed by atoms with E-state index in [4.69, 9.17) is 4.74 Å². The highest BCUT2D eigenvalue weighted by atomic mass is 16.5. The maximum absolute atomic E-state index is 10.4. The number of unbranched alkanes of at least 4 members (excludes halogenated alkanes) is 1. The Morgan fingerprint density at radius 1 is 1.25 bits per heavy atom. The van der Waals surface area contributed by atoms with E-state index in [1.54, 1.807) is 0 Å².